The Labute approximate surface area is 110 Å². The first kappa shape index (κ1) is 12.6. The SMILES string of the molecule is CC(C)Cn1ccc(-c2cccs2)c(C#N)c1=O. The van der Waals surface area contributed by atoms with Crippen molar-refractivity contribution >= 4 is 11.3 Å². The summed E-state index contributed by atoms with van der Waals surface area (Å²) in [6, 6.07) is 7.74. The highest BCUT2D eigenvalue weighted by molar-refractivity contribution is 7.13. The molecule has 0 radical (unpaired) electrons. The molecule has 0 aromatic carbocycles. The van der Waals surface area contributed by atoms with E-state index >= 15 is 0 Å². The zero-order chi connectivity index (χ0) is 13.1. The lowest BCUT2D eigenvalue weighted by Crippen LogP contribution is -2.24. The van der Waals surface area contributed by atoms with Crippen LogP contribution in [-0.4, -0.2) is 4.57 Å². The molecule has 0 saturated carbocycles. The van der Waals surface area contributed by atoms with E-state index in [1.54, 1.807) is 10.8 Å². The Balaban J connectivity index is 2.57. The molecule has 0 amide bonds. The topological polar surface area (TPSA) is 45.8 Å². The molecule has 0 fully saturated rings. The van der Waals surface area contributed by atoms with Crippen LogP contribution >= 0.6 is 11.3 Å². The van der Waals surface area contributed by atoms with Crippen LogP contribution in [-0.2, 0) is 6.54 Å². The van der Waals surface area contributed by atoms with Crippen molar-refractivity contribution < 1.29 is 0 Å². The normalized spacial score (nSPS) is 10.6. The van der Waals surface area contributed by atoms with Crippen molar-refractivity contribution in [1.82, 2.24) is 4.57 Å². The number of pyridine rings is 1. The summed E-state index contributed by atoms with van der Waals surface area (Å²) in [4.78, 5) is 13.2. The standard InChI is InChI=1S/C14H14N2OS/c1-10(2)9-16-6-5-11(12(8-15)14(16)17)13-4-3-7-18-13/h3-7,10H,9H2,1-2H3. The molecule has 18 heavy (non-hydrogen) atoms. The van der Waals surface area contributed by atoms with Crippen molar-refractivity contribution in [2.45, 2.75) is 20.4 Å². The summed E-state index contributed by atoms with van der Waals surface area (Å²) in [5, 5.41) is 11.1. The van der Waals surface area contributed by atoms with Gasteiger partial charge in [0, 0.05) is 23.2 Å². The van der Waals surface area contributed by atoms with Crippen LogP contribution in [0, 0.1) is 17.2 Å². The van der Waals surface area contributed by atoms with Crippen molar-refractivity contribution in [1.29, 1.82) is 5.26 Å². The van der Waals surface area contributed by atoms with Gasteiger partial charge in [-0.2, -0.15) is 5.26 Å². The van der Waals surface area contributed by atoms with Crippen LogP contribution in [0.4, 0.5) is 0 Å². The molecular weight excluding hydrogens is 244 g/mol. The first-order valence-corrected chi connectivity index (χ1v) is 6.69. The summed E-state index contributed by atoms with van der Waals surface area (Å²) in [5.74, 6) is 0.377. The number of nitrogens with zero attached hydrogens (tertiary/aromatic N) is 2. The average molecular weight is 258 g/mol. The van der Waals surface area contributed by atoms with Gasteiger partial charge >= 0.3 is 0 Å². The molecule has 0 saturated heterocycles. The second-order valence-corrected chi connectivity index (χ2v) is 5.49. The van der Waals surface area contributed by atoms with Crippen LogP contribution in [0.25, 0.3) is 10.4 Å². The average Bonchev–Trinajstić information content (AvgIpc) is 2.84. The molecule has 0 N–H and O–H groups in total. The van der Waals surface area contributed by atoms with Crippen molar-refractivity contribution in [3.63, 3.8) is 0 Å². The highest BCUT2D eigenvalue weighted by atomic mass is 32.1. The molecular formula is C14H14N2OS. The molecule has 3 nitrogen and oxygen atoms in total. The van der Waals surface area contributed by atoms with Gasteiger partial charge in [0.15, 0.2) is 0 Å². The van der Waals surface area contributed by atoms with E-state index in [0.717, 1.165) is 10.4 Å². The Bertz CT molecular complexity index is 633. The summed E-state index contributed by atoms with van der Waals surface area (Å²) >= 11 is 1.53. The fourth-order valence-electron chi connectivity index (χ4n) is 1.86. The number of nitriles is 1. The third kappa shape index (κ3) is 2.36. The smallest absolute Gasteiger partial charge is 0.269 e. The minimum absolute atomic E-state index is 0.197. The molecule has 2 heterocycles. The lowest BCUT2D eigenvalue weighted by atomic mass is 10.1. The molecule has 0 bridgehead atoms. The van der Waals surface area contributed by atoms with Crippen LogP contribution in [0.2, 0.25) is 0 Å². The summed E-state index contributed by atoms with van der Waals surface area (Å²) in [7, 11) is 0. The molecule has 0 aliphatic heterocycles. The van der Waals surface area contributed by atoms with Gasteiger partial charge in [0.05, 0.1) is 0 Å². The molecule has 0 atom stereocenters. The minimum Gasteiger partial charge on any atom is -0.314 e. The molecule has 0 aliphatic carbocycles. The van der Waals surface area contributed by atoms with E-state index < -0.39 is 0 Å². The Morgan fingerprint density at radius 2 is 2.22 bits per heavy atom. The number of hydrogen-bond acceptors (Lipinski definition) is 3. The van der Waals surface area contributed by atoms with Crippen molar-refractivity contribution in [2.75, 3.05) is 0 Å². The maximum Gasteiger partial charge on any atom is 0.269 e. The van der Waals surface area contributed by atoms with Crippen LogP contribution in [0.15, 0.2) is 34.6 Å². The molecule has 0 spiro atoms. The van der Waals surface area contributed by atoms with Crippen LogP contribution in [0.5, 0.6) is 0 Å². The Morgan fingerprint density at radius 3 is 2.78 bits per heavy atom. The molecule has 2 aromatic rings. The predicted molar refractivity (Wildman–Crippen MR) is 73.6 cm³/mol. The van der Waals surface area contributed by atoms with E-state index in [9.17, 15) is 10.1 Å². The second-order valence-electron chi connectivity index (χ2n) is 4.54. The van der Waals surface area contributed by atoms with Gasteiger partial charge < -0.3 is 4.57 Å². The lowest BCUT2D eigenvalue weighted by Gasteiger charge is -2.10. The van der Waals surface area contributed by atoms with Gasteiger partial charge in [-0.15, -0.1) is 11.3 Å². The number of hydrogen-bond donors (Lipinski definition) is 0. The lowest BCUT2D eigenvalue weighted by molar-refractivity contribution is 0.510. The van der Waals surface area contributed by atoms with Gasteiger partial charge in [-0.1, -0.05) is 19.9 Å². The number of rotatable bonds is 3. The van der Waals surface area contributed by atoms with Crippen LogP contribution < -0.4 is 5.56 Å². The highest BCUT2D eigenvalue weighted by Crippen LogP contribution is 2.25. The van der Waals surface area contributed by atoms with Gasteiger partial charge in [0.1, 0.15) is 11.6 Å². The monoisotopic (exact) mass is 258 g/mol. The first-order chi connectivity index (χ1) is 8.63. The summed E-state index contributed by atoms with van der Waals surface area (Å²) in [6.07, 6.45) is 1.78. The van der Waals surface area contributed by atoms with Crippen molar-refractivity contribution in [2.24, 2.45) is 5.92 Å². The van der Waals surface area contributed by atoms with Gasteiger partial charge in [0.25, 0.3) is 5.56 Å². The van der Waals surface area contributed by atoms with E-state index in [4.69, 9.17) is 0 Å². The van der Waals surface area contributed by atoms with Gasteiger partial charge in [0.2, 0.25) is 0 Å². The van der Waals surface area contributed by atoms with Crippen molar-refractivity contribution in [3.05, 3.63) is 45.7 Å². The van der Waals surface area contributed by atoms with Gasteiger partial charge in [-0.05, 0) is 23.4 Å². The third-order valence-corrected chi connectivity index (χ3v) is 3.53. The molecule has 92 valence electrons. The van der Waals surface area contributed by atoms with Gasteiger partial charge in [-0.25, -0.2) is 0 Å². The Kier molecular flexibility index (Phi) is 3.63. The number of aromatic nitrogens is 1. The van der Waals surface area contributed by atoms with Crippen molar-refractivity contribution in [3.8, 4) is 16.5 Å². The summed E-state index contributed by atoms with van der Waals surface area (Å²) in [5.41, 5.74) is 0.773. The Hall–Kier alpha value is -1.86. The molecule has 4 heteroatoms. The molecule has 2 aromatic heterocycles. The van der Waals surface area contributed by atoms with E-state index in [0.29, 0.717) is 12.5 Å². The summed E-state index contributed by atoms with van der Waals surface area (Å²) in [6.45, 7) is 4.73. The first-order valence-electron chi connectivity index (χ1n) is 5.81. The second kappa shape index (κ2) is 5.19. The summed E-state index contributed by atoms with van der Waals surface area (Å²) < 4.78 is 1.61. The molecule has 0 aliphatic rings. The fraction of sp³-hybridized carbons (Fsp3) is 0.286. The maximum absolute atomic E-state index is 12.2. The Morgan fingerprint density at radius 1 is 1.44 bits per heavy atom. The van der Waals surface area contributed by atoms with Crippen LogP contribution in [0.3, 0.4) is 0 Å². The quantitative estimate of drug-likeness (QED) is 0.849. The molecule has 0 unspecified atom stereocenters. The zero-order valence-electron chi connectivity index (χ0n) is 10.4. The highest BCUT2D eigenvalue weighted by Gasteiger charge is 2.12. The van der Waals surface area contributed by atoms with E-state index in [2.05, 4.69) is 0 Å². The van der Waals surface area contributed by atoms with Crippen LogP contribution in [0.1, 0.15) is 19.4 Å². The predicted octanol–water partition coefficient (Wildman–Crippen LogP) is 3.10. The van der Waals surface area contributed by atoms with E-state index in [-0.39, 0.29) is 11.1 Å². The molecule has 2 rings (SSSR count). The van der Waals surface area contributed by atoms with E-state index in [1.165, 1.54) is 11.3 Å². The largest absolute Gasteiger partial charge is 0.314 e. The fourth-order valence-corrected chi connectivity index (χ4v) is 2.61. The van der Waals surface area contributed by atoms with E-state index in [1.807, 2.05) is 43.5 Å². The maximum atomic E-state index is 12.2. The minimum atomic E-state index is -0.197. The number of thiophene rings is 1. The zero-order valence-corrected chi connectivity index (χ0v) is 11.2. The third-order valence-electron chi connectivity index (χ3n) is 2.63. The van der Waals surface area contributed by atoms with Gasteiger partial charge in [-0.3, -0.25) is 4.79 Å².